The van der Waals surface area contributed by atoms with Crippen LogP contribution in [0.15, 0.2) is 0 Å². The molecule has 0 aliphatic carbocycles. The Hall–Kier alpha value is -0.650. The van der Waals surface area contributed by atoms with Crippen molar-refractivity contribution in [2.45, 2.75) is 12.5 Å². The third-order valence-electron chi connectivity index (χ3n) is 3.08. The predicted molar refractivity (Wildman–Crippen MR) is 56.5 cm³/mol. The summed E-state index contributed by atoms with van der Waals surface area (Å²) in [6, 6.07) is 0. The summed E-state index contributed by atoms with van der Waals surface area (Å²) in [6.45, 7) is 5.57. The topological polar surface area (TPSA) is 55.8 Å². The van der Waals surface area contributed by atoms with Crippen LogP contribution in [0.5, 0.6) is 0 Å². The standard InChI is InChI=1S/C10H19N3O2/c14-9-1-4-13(7-9)10(15)8-12-5-2-11-3-6-12/h9,11,14H,1-8H2/t9-/m0/s1. The number of aliphatic hydroxyl groups is 1. The lowest BCUT2D eigenvalue weighted by Crippen LogP contribution is -2.48. The van der Waals surface area contributed by atoms with Crippen LogP contribution >= 0.6 is 0 Å². The van der Waals surface area contributed by atoms with Gasteiger partial charge in [-0.15, -0.1) is 0 Å². The molecule has 2 fully saturated rings. The fraction of sp³-hybridized carbons (Fsp3) is 0.900. The van der Waals surface area contributed by atoms with Gasteiger partial charge in [0.05, 0.1) is 12.6 Å². The van der Waals surface area contributed by atoms with Crippen LogP contribution in [-0.2, 0) is 4.79 Å². The quantitative estimate of drug-likeness (QED) is 0.585. The Morgan fingerprint density at radius 2 is 2.07 bits per heavy atom. The average Bonchev–Trinajstić information content (AvgIpc) is 2.66. The zero-order chi connectivity index (χ0) is 10.7. The molecule has 0 bridgehead atoms. The molecule has 0 spiro atoms. The Kier molecular flexibility index (Phi) is 3.56. The van der Waals surface area contributed by atoms with Gasteiger partial charge in [-0.25, -0.2) is 0 Å². The SMILES string of the molecule is O=C(CN1CCNCC1)N1CC[C@H](O)C1. The van der Waals surface area contributed by atoms with Gasteiger partial charge in [-0.1, -0.05) is 0 Å². The van der Waals surface area contributed by atoms with E-state index in [0.29, 0.717) is 19.6 Å². The molecule has 0 aromatic rings. The molecule has 86 valence electrons. The molecule has 2 N–H and O–H groups in total. The minimum Gasteiger partial charge on any atom is -0.391 e. The molecule has 0 radical (unpaired) electrons. The predicted octanol–water partition coefficient (Wildman–Crippen LogP) is -1.52. The molecule has 0 saturated carbocycles. The summed E-state index contributed by atoms with van der Waals surface area (Å²) in [5.74, 6) is 0.161. The summed E-state index contributed by atoms with van der Waals surface area (Å²) in [5, 5.41) is 12.6. The molecule has 2 aliphatic rings. The first-order valence-electron chi connectivity index (χ1n) is 5.64. The monoisotopic (exact) mass is 213 g/mol. The van der Waals surface area contributed by atoms with Crippen LogP contribution in [0.25, 0.3) is 0 Å². The summed E-state index contributed by atoms with van der Waals surface area (Å²) in [5.41, 5.74) is 0. The summed E-state index contributed by atoms with van der Waals surface area (Å²) in [6.07, 6.45) is 0.421. The lowest BCUT2D eigenvalue weighted by atomic mass is 10.3. The second kappa shape index (κ2) is 4.92. The summed E-state index contributed by atoms with van der Waals surface area (Å²) in [7, 11) is 0. The van der Waals surface area contributed by atoms with Crippen LogP contribution in [0, 0.1) is 0 Å². The van der Waals surface area contributed by atoms with Crippen LogP contribution < -0.4 is 5.32 Å². The first-order chi connectivity index (χ1) is 7.25. The largest absolute Gasteiger partial charge is 0.391 e. The van der Waals surface area contributed by atoms with Crippen LogP contribution in [0.1, 0.15) is 6.42 Å². The maximum atomic E-state index is 11.8. The van der Waals surface area contributed by atoms with Crippen LogP contribution in [0.4, 0.5) is 0 Å². The van der Waals surface area contributed by atoms with Gasteiger partial charge in [-0.05, 0) is 6.42 Å². The van der Waals surface area contributed by atoms with Gasteiger partial charge in [0.1, 0.15) is 0 Å². The zero-order valence-electron chi connectivity index (χ0n) is 8.98. The van der Waals surface area contributed by atoms with Crippen molar-refractivity contribution in [3.05, 3.63) is 0 Å². The van der Waals surface area contributed by atoms with Crippen LogP contribution in [0.3, 0.4) is 0 Å². The van der Waals surface area contributed by atoms with E-state index < -0.39 is 0 Å². The summed E-state index contributed by atoms with van der Waals surface area (Å²) in [4.78, 5) is 15.8. The highest BCUT2D eigenvalue weighted by Crippen LogP contribution is 2.09. The highest BCUT2D eigenvalue weighted by Gasteiger charge is 2.25. The van der Waals surface area contributed by atoms with Crippen molar-refractivity contribution in [1.29, 1.82) is 0 Å². The first kappa shape index (κ1) is 10.9. The van der Waals surface area contributed by atoms with Crippen molar-refractivity contribution < 1.29 is 9.90 Å². The number of amides is 1. The van der Waals surface area contributed by atoms with Crippen LogP contribution in [-0.4, -0.2) is 72.7 Å². The molecule has 0 unspecified atom stereocenters. The van der Waals surface area contributed by atoms with Crippen LogP contribution in [0.2, 0.25) is 0 Å². The maximum absolute atomic E-state index is 11.8. The molecule has 2 rings (SSSR count). The van der Waals surface area contributed by atoms with Gasteiger partial charge in [-0.2, -0.15) is 0 Å². The van der Waals surface area contributed by atoms with E-state index in [0.717, 1.165) is 32.6 Å². The smallest absolute Gasteiger partial charge is 0.236 e. The van der Waals surface area contributed by atoms with Crippen molar-refractivity contribution in [3.63, 3.8) is 0 Å². The second-order valence-electron chi connectivity index (χ2n) is 4.31. The van der Waals surface area contributed by atoms with Crippen molar-refractivity contribution in [2.24, 2.45) is 0 Å². The highest BCUT2D eigenvalue weighted by molar-refractivity contribution is 5.78. The molecule has 15 heavy (non-hydrogen) atoms. The van der Waals surface area contributed by atoms with Crippen molar-refractivity contribution in [2.75, 3.05) is 45.8 Å². The Balaban J connectivity index is 1.76. The van der Waals surface area contributed by atoms with Crippen molar-refractivity contribution >= 4 is 5.91 Å². The molecule has 2 aliphatic heterocycles. The molecule has 0 aromatic heterocycles. The minimum absolute atomic E-state index is 0.161. The average molecular weight is 213 g/mol. The van der Waals surface area contributed by atoms with Gasteiger partial charge in [0.15, 0.2) is 0 Å². The minimum atomic E-state index is -0.308. The first-order valence-corrected chi connectivity index (χ1v) is 5.64. The van der Waals surface area contributed by atoms with E-state index in [-0.39, 0.29) is 12.0 Å². The highest BCUT2D eigenvalue weighted by atomic mass is 16.3. The number of carbonyl (C=O) groups is 1. The summed E-state index contributed by atoms with van der Waals surface area (Å²) < 4.78 is 0. The number of β-amino-alcohol motifs (C(OH)–C–C–N with tert-alkyl or cyclic N) is 1. The van der Waals surface area contributed by atoms with Gasteiger partial charge < -0.3 is 15.3 Å². The Morgan fingerprint density at radius 1 is 1.33 bits per heavy atom. The van der Waals surface area contributed by atoms with E-state index in [1.807, 2.05) is 0 Å². The van der Waals surface area contributed by atoms with Gasteiger partial charge in [0.2, 0.25) is 5.91 Å². The van der Waals surface area contributed by atoms with E-state index in [9.17, 15) is 9.90 Å². The molecule has 1 amide bonds. The van der Waals surface area contributed by atoms with Gasteiger partial charge in [0.25, 0.3) is 0 Å². The molecule has 2 heterocycles. The number of piperazine rings is 1. The molecular weight excluding hydrogens is 194 g/mol. The number of aliphatic hydroxyl groups excluding tert-OH is 1. The molecular formula is C10H19N3O2. The number of hydrogen-bond donors (Lipinski definition) is 2. The lowest BCUT2D eigenvalue weighted by molar-refractivity contribution is -0.131. The fourth-order valence-electron chi connectivity index (χ4n) is 2.13. The maximum Gasteiger partial charge on any atom is 0.236 e. The number of rotatable bonds is 2. The van der Waals surface area contributed by atoms with E-state index in [4.69, 9.17) is 0 Å². The van der Waals surface area contributed by atoms with Gasteiger partial charge in [-0.3, -0.25) is 9.69 Å². The lowest BCUT2D eigenvalue weighted by Gasteiger charge is -2.28. The Morgan fingerprint density at radius 3 is 2.67 bits per heavy atom. The van der Waals surface area contributed by atoms with E-state index in [2.05, 4.69) is 10.2 Å². The molecule has 2 saturated heterocycles. The molecule has 5 heteroatoms. The van der Waals surface area contributed by atoms with Crippen molar-refractivity contribution in [3.8, 4) is 0 Å². The number of nitrogens with zero attached hydrogens (tertiary/aromatic N) is 2. The van der Waals surface area contributed by atoms with Gasteiger partial charge >= 0.3 is 0 Å². The molecule has 0 aromatic carbocycles. The number of likely N-dealkylation sites (tertiary alicyclic amines) is 1. The van der Waals surface area contributed by atoms with E-state index in [1.165, 1.54) is 0 Å². The fourth-order valence-corrected chi connectivity index (χ4v) is 2.13. The number of carbonyl (C=O) groups excluding carboxylic acids is 1. The third-order valence-corrected chi connectivity index (χ3v) is 3.08. The Labute approximate surface area is 90.0 Å². The zero-order valence-corrected chi connectivity index (χ0v) is 8.98. The molecule has 1 atom stereocenters. The van der Waals surface area contributed by atoms with E-state index in [1.54, 1.807) is 4.90 Å². The number of nitrogens with one attached hydrogen (secondary N) is 1. The van der Waals surface area contributed by atoms with E-state index >= 15 is 0 Å². The molecule has 5 nitrogen and oxygen atoms in total. The Bertz CT molecular complexity index is 229. The normalized spacial score (nSPS) is 28.3. The van der Waals surface area contributed by atoms with Gasteiger partial charge in [0, 0.05) is 39.3 Å². The third kappa shape index (κ3) is 2.90. The number of hydrogen-bond acceptors (Lipinski definition) is 4. The van der Waals surface area contributed by atoms with Crippen molar-refractivity contribution in [1.82, 2.24) is 15.1 Å². The second-order valence-corrected chi connectivity index (χ2v) is 4.31. The summed E-state index contributed by atoms with van der Waals surface area (Å²) >= 11 is 0.